The number of rotatable bonds is 4. The maximum atomic E-state index is 13.3. The van der Waals surface area contributed by atoms with Crippen molar-refractivity contribution in [2.45, 2.75) is 0 Å². The van der Waals surface area contributed by atoms with Crippen LogP contribution in [-0.2, 0) is 0 Å². The van der Waals surface area contributed by atoms with E-state index in [1.807, 2.05) is 0 Å². The SMILES string of the molecule is CN(CCOc1ccccc1F)C(=O)n1ccnc1. The zero-order valence-corrected chi connectivity index (χ0v) is 10.5. The zero-order chi connectivity index (χ0) is 13.7. The van der Waals surface area contributed by atoms with E-state index in [0.29, 0.717) is 6.54 Å². The predicted molar refractivity (Wildman–Crippen MR) is 67.5 cm³/mol. The van der Waals surface area contributed by atoms with Gasteiger partial charge in [0.05, 0.1) is 6.54 Å². The molecule has 0 fully saturated rings. The Morgan fingerprint density at radius 2 is 2.26 bits per heavy atom. The molecule has 0 radical (unpaired) electrons. The number of amides is 1. The van der Waals surface area contributed by atoms with Gasteiger partial charge in [0, 0.05) is 19.4 Å². The minimum atomic E-state index is -0.411. The van der Waals surface area contributed by atoms with Crippen LogP contribution in [0.5, 0.6) is 5.75 Å². The molecule has 0 aliphatic carbocycles. The second-order valence-electron chi connectivity index (χ2n) is 3.95. The van der Waals surface area contributed by atoms with E-state index in [9.17, 15) is 9.18 Å². The Hall–Kier alpha value is -2.37. The summed E-state index contributed by atoms with van der Waals surface area (Å²) in [5.41, 5.74) is 0. The summed E-state index contributed by atoms with van der Waals surface area (Å²) >= 11 is 0. The largest absolute Gasteiger partial charge is 0.489 e. The molecule has 0 bridgehead atoms. The van der Waals surface area contributed by atoms with Crippen molar-refractivity contribution < 1.29 is 13.9 Å². The summed E-state index contributed by atoms with van der Waals surface area (Å²) in [6.45, 7) is 0.573. The number of carbonyl (C=O) groups excluding carboxylic acids is 1. The van der Waals surface area contributed by atoms with E-state index in [-0.39, 0.29) is 18.4 Å². The molecule has 1 heterocycles. The molecule has 19 heavy (non-hydrogen) atoms. The van der Waals surface area contributed by atoms with Crippen LogP contribution in [0.2, 0.25) is 0 Å². The number of nitrogens with zero attached hydrogens (tertiary/aromatic N) is 3. The molecular formula is C13H14FN3O2. The van der Waals surface area contributed by atoms with E-state index in [1.54, 1.807) is 31.4 Å². The third kappa shape index (κ3) is 3.31. The van der Waals surface area contributed by atoms with Crippen molar-refractivity contribution in [2.24, 2.45) is 0 Å². The topological polar surface area (TPSA) is 47.4 Å². The number of hydrogen-bond acceptors (Lipinski definition) is 3. The Labute approximate surface area is 110 Å². The lowest BCUT2D eigenvalue weighted by Crippen LogP contribution is -2.33. The van der Waals surface area contributed by atoms with Crippen molar-refractivity contribution >= 4 is 6.03 Å². The van der Waals surface area contributed by atoms with Gasteiger partial charge in [-0.15, -0.1) is 0 Å². The summed E-state index contributed by atoms with van der Waals surface area (Å²) in [5, 5.41) is 0. The molecule has 1 aromatic carbocycles. The normalized spacial score (nSPS) is 10.2. The van der Waals surface area contributed by atoms with Crippen LogP contribution in [0.15, 0.2) is 43.0 Å². The molecule has 0 spiro atoms. The fourth-order valence-electron chi connectivity index (χ4n) is 1.52. The molecule has 0 atom stereocenters. The molecule has 2 rings (SSSR count). The molecular weight excluding hydrogens is 249 g/mol. The van der Waals surface area contributed by atoms with Gasteiger partial charge >= 0.3 is 6.03 Å². The lowest BCUT2D eigenvalue weighted by molar-refractivity contribution is 0.195. The Bertz CT molecular complexity index is 543. The van der Waals surface area contributed by atoms with Crippen LogP contribution < -0.4 is 4.74 Å². The van der Waals surface area contributed by atoms with Crippen molar-refractivity contribution in [3.05, 3.63) is 48.8 Å². The second-order valence-corrected chi connectivity index (χ2v) is 3.95. The van der Waals surface area contributed by atoms with Gasteiger partial charge in [-0.25, -0.2) is 14.2 Å². The zero-order valence-electron chi connectivity index (χ0n) is 10.5. The minimum absolute atomic E-state index is 0.186. The third-order valence-electron chi connectivity index (χ3n) is 2.57. The van der Waals surface area contributed by atoms with Crippen LogP contribution in [0.4, 0.5) is 9.18 Å². The first-order valence-corrected chi connectivity index (χ1v) is 5.79. The maximum absolute atomic E-state index is 13.3. The Morgan fingerprint density at radius 3 is 2.95 bits per heavy atom. The standard InChI is InChI=1S/C13H14FN3O2/c1-16(13(18)17-7-6-15-10-17)8-9-19-12-5-3-2-4-11(12)14/h2-7,10H,8-9H2,1H3. The predicted octanol–water partition coefficient (Wildman–Crippen LogP) is 2.00. The number of carbonyl (C=O) groups is 1. The van der Waals surface area contributed by atoms with Gasteiger partial charge in [0.1, 0.15) is 12.9 Å². The Kier molecular flexibility index (Phi) is 4.12. The fraction of sp³-hybridized carbons (Fsp3) is 0.231. The van der Waals surface area contributed by atoms with Crippen LogP contribution in [0.25, 0.3) is 0 Å². The van der Waals surface area contributed by atoms with Crippen LogP contribution in [0.1, 0.15) is 0 Å². The maximum Gasteiger partial charge on any atom is 0.329 e. The van der Waals surface area contributed by atoms with Crippen LogP contribution in [0, 0.1) is 5.82 Å². The van der Waals surface area contributed by atoms with Gasteiger partial charge in [-0.2, -0.15) is 0 Å². The van der Waals surface area contributed by atoms with E-state index in [1.165, 1.54) is 28.1 Å². The third-order valence-corrected chi connectivity index (χ3v) is 2.57. The van der Waals surface area contributed by atoms with Crippen molar-refractivity contribution in [3.8, 4) is 5.75 Å². The highest BCUT2D eigenvalue weighted by atomic mass is 19.1. The van der Waals surface area contributed by atoms with E-state index < -0.39 is 5.82 Å². The second kappa shape index (κ2) is 5.99. The number of imidazole rings is 1. The van der Waals surface area contributed by atoms with E-state index in [2.05, 4.69) is 4.98 Å². The highest BCUT2D eigenvalue weighted by Crippen LogP contribution is 2.14. The number of hydrogen-bond donors (Lipinski definition) is 0. The average Bonchev–Trinajstić information content (AvgIpc) is 2.94. The van der Waals surface area contributed by atoms with Crippen LogP contribution in [0.3, 0.4) is 0 Å². The van der Waals surface area contributed by atoms with Crippen molar-refractivity contribution in [3.63, 3.8) is 0 Å². The first-order valence-electron chi connectivity index (χ1n) is 5.79. The monoisotopic (exact) mass is 263 g/mol. The summed E-state index contributed by atoms with van der Waals surface area (Å²) in [5.74, 6) is -0.225. The summed E-state index contributed by atoms with van der Waals surface area (Å²) in [4.78, 5) is 17.1. The highest BCUT2D eigenvalue weighted by Gasteiger charge is 2.10. The van der Waals surface area contributed by atoms with Gasteiger partial charge in [-0.3, -0.25) is 4.57 Å². The molecule has 0 saturated heterocycles. The first kappa shape index (κ1) is 13.1. The number of benzene rings is 1. The Balaban J connectivity index is 1.83. The van der Waals surface area contributed by atoms with E-state index in [4.69, 9.17) is 4.74 Å². The van der Waals surface area contributed by atoms with Gasteiger partial charge in [0.15, 0.2) is 11.6 Å². The molecule has 1 aromatic heterocycles. The number of ether oxygens (including phenoxy) is 1. The lowest BCUT2D eigenvalue weighted by Gasteiger charge is -2.17. The summed E-state index contributed by atoms with van der Waals surface area (Å²) in [6.07, 6.45) is 4.52. The molecule has 1 amide bonds. The quantitative estimate of drug-likeness (QED) is 0.847. The van der Waals surface area contributed by atoms with Gasteiger partial charge in [0.25, 0.3) is 0 Å². The number of para-hydroxylation sites is 1. The van der Waals surface area contributed by atoms with E-state index in [0.717, 1.165) is 0 Å². The van der Waals surface area contributed by atoms with Gasteiger partial charge in [0.2, 0.25) is 0 Å². The molecule has 0 saturated carbocycles. The van der Waals surface area contributed by atoms with Gasteiger partial charge in [-0.1, -0.05) is 12.1 Å². The van der Waals surface area contributed by atoms with Gasteiger partial charge < -0.3 is 9.64 Å². The van der Waals surface area contributed by atoms with Crippen molar-refractivity contribution in [1.82, 2.24) is 14.5 Å². The Morgan fingerprint density at radius 1 is 1.47 bits per heavy atom. The highest BCUT2D eigenvalue weighted by molar-refractivity contribution is 5.76. The average molecular weight is 263 g/mol. The molecule has 0 aliphatic rings. The number of likely N-dealkylation sites (N-methyl/N-ethyl adjacent to an activating group) is 1. The summed E-state index contributed by atoms with van der Waals surface area (Å²) in [6, 6.07) is 5.95. The van der Waals surface area contributed by atoms with E-state index >= 15 is 0 Å². The lowest BCUT2D eigenvalue weighted by atomic mass is 10.3. The summed E-state index contributed by atoms with van der Waals surface area (Å²) < 4.78 is 19.9. The fourth-order valence-corrected chi connectivity index (χ4v) is 1.52. The summed E-state index contributed by atoms with van der Waals surface area (Å²) in [7, 11) is 1.65. The van der Waals surface area contributed by atoms with Gasteiger partial charge in [-0.05, 0) is 12.1 Å². The van der Waals surface area contributed by atoms with Crippen molar-refractivity contribution in [2.75, 3.05) is 20.2 Å². The molecule has 6 heteroatoms. The number of halogens is 1. The molecule has 0 N–H and O–H groups in total. The first-order chi connectivity index (χ1) is 9.18. The van der Waals surface area contributed by atoms with Crippen molar-refractivity contribution in [1.29, 1.82) is 0 Å². The minimum Gasteiger partial charge on any atom is -0.489 e. The number of aromatic nitrogens is 2. The molecule has 5 nitrogen and oxygen atoms in total. The molecule has 2 aromatic rings. The smallest absolute Gasteiger partial charge is 0.329 e. The van der Waals surface area contributed by atoms with Crippen LogP contribution >= 0.6 is 0 Å². The van der Waals surface area contributed by atoms with Crippen LogP contribution in [-0.4, -0.2) is 40.7 Å². The molecule has 100 valence electrons. The molecule has 0 aliphatic heterocycles. The molecule has 0 unspecified atom stereocenters.